The van der Waals surface area contributed by atoms with E-state index in [0.29, 0.717) is 5.56 Å². The molecule has 1 aliphatic rings. The largest absolute Gasteiger partial charge is 0.391 e. The SMILES string of the molecule is N[C@@H](c1ccc(F)c(F)c1)[C@H](O)C1CCCCC1. The molecule has 0 unspecified atom stereocenters. The molecule has 2 rings (SSSR count). The molecule has 3 N–H and O–H groups in total. The molecule has 1 aromatic rings. The van der Waals surface area contributed by atoms with Crippen molar-refractivity contribution in [2.45, 2.75) is 44.2 Å². The summed E-state index contributed by atoms with van der Waals surface area (Å²) in [5.74, 6) is -1.64. The highest BCUT2D eigenvalue weighted by Gasteiger charge is 2.27. The van der Waals surface area contributed by atoms with E-state index < -0.39 is 23.8 Å². The molecule has 1 aliphatic carbocycles. The van der Waals surface area contributed by atoms with Gasteiger partial charge < -0.3 is 10.8 Å². The van der Waals surface area contributed by atoms with Crippen LogP contribution in [0.4, 0.5) is 8.78 Å². The fourth-order valence-electron chi connectivity index (χ4n) is 2.69. The molecule has 0 bridgehead atoms. The second-order valence-corrected chi connectivity index (χ2v) is 5.09. The van der Waals surface area contributed by atoms with Crippen molar-refractivity contribution < 1.29 is 13.9 Å². The van der Waals surface area contributed by atoms with E-state index in [-0.39, 0.29) is 5.92 Å². The van der Waals surface area contributed by atoms with Crippen LogP contribution in [0.5, 0.6) is 0 Å². The Balaban J connectivity index is 2.09. The molecule has 0 radical (unpaired) electrons. The summed E-state index contributed by atoms with van der Waals surface area (Å²) in [7, 11) is 0. The zero-order valence-electron chi connectivity index (χ0n) is 10.3. The first-order valence-corrected chi connectivity index (χ1v) is 6.48. The lowest BCUT2D eigenvalue weighted by Crippen LogP contribution is -2.34. The maximum Gasteiger partial charge on any atom is 0.159 e. The molecule has 0 spiro atoms. The quantitative estimate of drug-likeness (QED) is 0.872. The van der Waals surface area contributed by atoms with E-state index in [1.165, 1.54) is 12.5 Å². The smallest absolute Gasteiger partial charge is 0.159 e. The van der Waals surface area contributed by atoms with Gasteiger partial charge in [0, 0.05) is 0 Å². The molecule has 1 aromatic carbocycles. The number of halogens is 2. The van der Waals surface area contributed by atoms with Crippen LogP contribution in [0.3, 0.4) is 0 Å². The Morgan fingerprint density at radius 2 is 1.78 bits per heavy atom. The van der Waals surface area contributed by atoms with Gasteiger partial charge in [0.15, 0.2) is 11.6 Å². The predicted octanol–water partition coefficient (Wildman–Crippen LogP) is 2.91. The van der Waals surface area contributed by atoms with Crippen LogP contribution < -0.4 is 5.73 Å². The summed E-state index contributed by atoms with van der Waals surface area (Å²) < 4.78 is 26.0. The Morgan fingerprint density at radius 3 is 2.39 bits per heavy atom. The molecule has 0 aliphatic heterocycles. The van der Waals surface area contributed by atoms with E-state index >= 15 is 0 Å². The Kier molecular flexibility index (Phi) is 4.30. The van der Waals surface area contributed by atoms with Crippen LogP contribution >= 0.6 is 0 Å². The molecule has 18 heavy (non-hydrogen) atoms. The van der Waals surface area contributed by atoms with Crippen LogP contribution in [-0.2, 0) is 0 Å². The van der Waals surface area contributed by atoms with E-state index in [1.54, 1.807) is 0 Å². The van der Waals surface area contributed by atoms with Crippen LogP contribution in [0.15, 0.2) is 18.2 Å². The van der Waals surface area contributed by atoms with Gasteiger partial charge in [-0.1, -0.05) is 25.3 Å². The Hall–Kier alpha value is -1.00. The monoisotopic (exact) mass is 255 g/mol. The van der Waals surface area contributed by atoms with Crippen molar-refractivity contribution in [1.82, 2.24) is 0 Å². The molecular formula is C14H19F2NO. The summed E-state index contributed by atoms with van der Waals surface area (Å²) in [6.07, 6.45) is 4.63. The first-order chi connectivity index (χ1) is 8.59. The van der Waals surface area contributed by atoms with Crippen molar-refractivity contribution >= 4 is 0 Å². The topological polar surface area (TPSA) is 46.2 Å². The Bertz CT molecular complexity index is 405. The molecule has 2 nitrogen and oxygen atoms in total. The molecule has 0 saturated heterocycles. The van der Waals surface area contributed by atoms with E-state index in [1.807, 2.05) is 0 Å². The van der Waals surface area contributed by atoms with Gasteiger partial charge in [-0.05, 0) is 36.5 Å². The highest BCUT2D eigenvalue weighted by molar-refractivity contribution is 5.22. The lowest BCUT2D eigenvalue weighted by Gasteiger charge is -2.30. The summed E-state index contributed by atoms with van der Waals surface area (Å²) in [4.78, 5) is 0. The molecule has 0 amide bonds. The highest BCUT2D eigenvalue weighted by Crippen LogP contribution is 2.31. The van der Waals surface area contributed by atoms with Gasteiger partial charge in [0.25, 0.3) is 0 Å². The molecule has 1 saturated carbocycles. The molecule has 0 heterocycles. The van der Waals surface area contributed by atoms with Crippen LogP contribution in [0.2, 0.25) is 0 Å². The number of rotatable bonds is 3. The van der Waals surface area contributed by atoms with Gasteiger partial charge in [-0.25, -0.2) is 8.78 Å². The average Bonchev–Trinajstić information content (AvgIpc) is 2.41. The minimum absolute atomic E-state index is 0.168. The minimum Gasteiger partial charge on any atom is -0.391 e. The lowest BCUT2D eigenvalue weighted by atomic mass is 9.81. The highest BCUT2D eigenvalue weighted by atomic mass is 19.2. The van der Waals surface area contributed by atoms with Gasteiger partial charge in [0.05, 0.1) is 12.1 Å². The molecule has 100 valence electrons. The maximum atomic E-state index is 13.1. The minimum atomic E-state index is -0.918. The van der Waals surface area contributed by atoms with Crippen LogP contribution in [0.1, 0.15) is 43.7 Å². The van der Waals surface area contributed by atoms with E-state index in [4.69, 9.17) is 5.73 Å². The molecule has 2 atom stereocenters. The first-order valence-electron chi connectivity index (χ1n) is 6.48. The Labute approximate surface area is 106 Å². The fraction of sp³-hybridized carbons (Fsp3) is 0.571. The fourth-order valence-corrected chi connectivity index (χ4v) is 2.69. The number of hydrogen-bond acceptors (Lipinski definition) is 2. The lowest BCUT2D eigenvalue weighted by molar-refractivity contribution is 0.0617. The number of aliphatic hydroxyl groups excluding tert-OH is 1. The van der Waals surface area contributed by atoms with E-state index in [9.17, 15) is 13.9 Å². The van der Waals surface area contributed by atoms with Crippen LogP contribution in [-0.4, -0.2) is 11.2 Å². The van der Waals surface area contributed by atoms with Crippen molar-refractivity contribution in [3.05, 3.63) is 35.4 Å². The number of hydrogen-bond donors (Lipinski definition) is 2. The summed E-state index contributed by atoms with van der Waals surface area (Å²) in [5, 5.41) is 10.2. The second-order valence-electron chi connectivity index (χ2n) is 5.09. The van der Waals surface area contributed by atoms with Crippen molar-refractivity contribution in [2.75, 3.05) is 0 Å². The van der Waals surface area contributed by atoms with Gasteiger partial charge in [-0.3, -0.25) is 0 Å². The van der Waals surface area contributed by atoms with Gasteiger partial charge >= 0.3 is 0 Å². The Morgan fingerprint density at radius 1 is 1.11 bits per heavy atom. The summed E-state index contributed by atoms with van der Waals surface area (Å²) in [6.45, 7) is 0. The normalized spacial score (nSPS) is 20.7. The predicted molar refractivity (Wildman–Crippen MR) is 65.9 cm³/mol. The number of benzene rings is 1. The van der Waals surface area contributed by atoms with E-state index in [0.717, 1.165) is 37.8 Å². The first kappa shape index (κ1) is 13.4. The van der Waals surface area contributed by atoms with E-state index in [2.05, 4.69) is 0 Å². The van der Waals surface area contributed by atoms with Gasteiger partial charge in [0.1, 0.15) is 0 Å². The van der Waals surface area contributed by atoms with Gasteiger partial charge in [-0.15, -0.1) is 0 Å². The van der Waals surface area contributed by atoms with Crippen molar-refractivity contribution in [1.29, 1.82) is 0 Å². The third-order valence-electron chi connectivity index (χ3n) is 3.83. The third kappa shape index (κ3) is 2.87. The average molecular weight is 255 g/mol. The molecule has 0 aromatic heterocycles. The van der Waals surface area contributed by atoms with Crippen LogP contribution in [0, 0.1) is 17.6 Å². The van der Waals surface area contributed by atoms with Crippen LogP contribution in [0.25, 0.3) is 0 Å². The number of aliphatic hydroxyl groups is 1. The van der Waals surface area contributed by atoms with Crippen molar-refractivity contribution in [3.8, 4) is 0 Å². The maximum absolute atomic E-state index is 13.1. The molecule has 4 heteroatoms. The second kappa shape index (κ2) is 5.76. The zero-order chi connectivity index (χ0) is 13.1. The van der Waals surface area contributed by atoms with Gasteiger partial charge in [0.2, 0.25) is 0 Å². The van der Waals surface area contributed by atoms with Gasteiger partial charge in [-0.2, -0.15) is 0 Å². The summed E-state index contributed by atoms with van der Waals surface area (Å²) >= 11 is 0. The standard InChI is InChI=1S/C14H19F2NO/c15-11-7-6-10(8-12(11)16)13(17)14(18)9-4-2-1-3-5-9/h6-9,13-14,18H,1-5,17H2/t13-,14+/m0/s1. The molecular weight excluding hydrogens is 236 g/mol. The summed E-state index contributed by atoms with van der Waals surface area (Å²) in [6, 6.07) is 2.92. The molecule has 1 fully saturated rings. The third-order valence-corrected chi connectivity index (χ3v) is 3.83. The van der Waals surface area contributed by atoms with Crippen molar-refractivity contribution in [3.63, 3.8) is 0 Å². The number of nitrogens with two attached hydrogens (primary N) is 1. The van der Waals surface area contributed by atoms with Crippen molar-refractivity contribution in [2.24, 2.45) is 11.7 Å². The summed E-state index contributed by atoms with van der Waals surface area (Å²) in [5.41, 5.74) is 6.40. The zero-order valence-corrected chi connectivity index (χ0v) is 10.3.